The van der Waals surface area contributed by atoms with E-state index in [0.29, 0.717) is 17.8 Å². The minimum atomic E-state index is -0.882. The van der Waals surface area contributed by atoms with E-state index in [9.17, 15) is 9.90 Å². The number of carbonyl (C=O) groups is 1. The highest BCUT2D eigenvalue weighted by Crippen LogP contribution is 2.23. The van der Waals surface area contributed by atoms with Crippen molar-refractivity contribution in [3.05, 3.63) is 57.6 Å². The molecule has 0 fully saturated rings. The van der Waals surface area contributed by atoms with E-state index in [-0.39, 0.29) is 0 Å². The molecule has 1 unspecified atom stereocenters. The third kappa shape index (κ3) is 3.42. The van der Waals surface area contributed by atoms with Crippen LogP contribution in [-0.4, -0.2) is 21.0 Å². The number of hydrogen-bond donors (Lipinski definition) is 1. The Hall–Kier alpha value is -1.75. The number of aryl methyl sites for hydroxylation is 2. The molecule has 104 valence electrons. The van der Waals surface area contributed by atoms with E-state index >= 15 is 0 Å². The van der Waals surface area contributed by atoms with Gasteiger partial charge in [0.2, 0.25) is 0 Å². The standard InChI is InChI=1S/C15H15BrN2O2/c1-9-8-17-10(2)14(18-9)13(15(19)20)7-11-4-3-5-12(16)6-11/h3-6,8,13H,7H2,1-2H3,(H,19,20). The lowest BCUT2D eigenvalue weighted by molar-refractivity contribution is -0.138. The van der Waals surface area contributed by atoms with Gasteiger partial charge in [-0.05, 0) is 38.0 Å². The smallest absolute Gasteiger partial charge is 0.313 e. The van der Waals surface area contributed by atoms with Crippen molar-refractivity contribution in [3.63, 3.8) is 0 Å². The summed E-state index contributed by atoms with van der Waals surface area (Å²) in [5, 5.41) is 9.49. The fraction of sp³-hybridized carbons (Fsp3) is 0.267. The zero-order chi connectivity index (χ0) is 14.7. The number of benzene rings is 1. The monoisotopic (exact) mass is 334 g/mol. The second-order valence-corrected chi connectivity index (χ2v) is 5.62. The van der Waals surface area contributed by atoms with E-state index in [1.807, 2.05) is 31.2 Å². The number of aliphatic carboxylic acids is 1. The molecule has 1 atom stereocenters. The third-order valence-electron chi connectivity index (χ3n) is 3.07. The maximum Gasteiger partial charge on any atom is 0.313 e. The van der Waals surface area contributed by atoms with Gasteiger partial charge in [0.1, 0.15) is 5.92 Å². The van der Waals surface area contributed by atoms with Crippen LogP contribution >= 0.6 is 15.9 Å². The number of hydrogen-bond acceptors (Lipinski definition) is 3. The topological polar surface area (TPSA) is 63.1 Å². The van der Waals surface area contributed by atoms with Crippen molar-refractivity contribution in [2.75, 3.05) is 0 Å². The van der Waals surface area contributed by atoms with Gasteiger partial charge in [0.25, 0.3) is 0 Å². The molecule has 0 saturated heterocycles. The van der Waals surface area contributed by atoms with Crippen LogP contribution in [0.5, 0.6) is 0 Å². The summed E-state index contributed by atoms with van der Waals surface area (Å²) in [6, 6.07) is 7.65. The number of nitrogens with zero attached hydrogens (tertiary/aromatic N) is 2. The largest absolute Gasteiger partial charge is 0.481 e. The summed E-state index contributed by atoms with van der Waals surface area (Å²) in [7, 11) is 0. The van der Waals surface area contributed by atoms with Crippen LogP contribution in [0.2, 0.25) is 0 Å². The Kier molecular flexibility index (Phi) is 4.49. The van der Waals surface area contributed by atoms with Crippen molar-refractivity contribution >= 4 is 21.9 Å². The first kappa shape index (κ1) is 14.7. The highest BCUT2D eigenvalue weighted by atomic mass is 79.9. The molecule has 0 aliphatic carbocycles. The average Bonchev–Trinajstić information content (AvgIpc) is 2.39. The molecule has 5 heteroatoms. The van der Waals surface area contributed by atoms with Crippen molar-refractivity contribution in [2.45, 2.75) is 26.2 Å². The summed E-state index contributed by atoms with van der Waals surface area (Å²) in [6.07, 6.45) is 2.05. The molecule has 4 nitrogen and oxygen atoms in total. The SMILES string of the molecule is Cc1cnc(C)c(C(Cc2cccc(Br)c2)C(=O)O)n1. The summed E-state index contributed by atoms with van der Waals surface area (Å²) in [5.74, 6) is -1.57. The lowest BCUT2D eigenvalue weighted by Gasteiger charge is -2.14. The first-order valence-electron chi connectivity index (χ1n) is 6.24. The molecule has 0 amide bonds. The number of aromatic nitrogens is 2. The summed E-state index contributed by atoms with van der Waals surface area (Å²) >= 11 is 3.40. The number of halogens is 1. The zero-order valence-electron chi connectivity index (χ0n) is 11.3. The fourth-order valence-corrected chi connectivity index (χ4v) is 2.53. The molecule has 0 bridgehead atoms. The predicted octanol–water partition coefficient (Wildman–Crippen LogP) is 3.27. The summed E-state index contributed by atoms with van der Waals surface area (Å²) in [6.45, 7) is 3.60. The predicted molar refractivity (Wildman–Crippen MR) is 79.7 cm³/mol. The van der Waals surface area contributed by atoms with Crippen LogP contribution in [0.15, 0.2) is 34.9 Å². The maximum absolute atomic E-state index is 11.6. The minimum Gasteiger partial charge on any atom is -0.481 e. The molecule has 20 heavy (non-hydrogen) atoms. The first-order chi connectivity index (χ1) is 9.47. The van der Waals surface area contributed by atoms with Gasteiger partial charge in [-0.25, -0.2) is 0 Å². The molecule has 2 rings (SSSR count). The lowest BCUT2D eigenvalue weighted by Crippen LogP contribution is -2.18. The summed E-state index contributed by atoms with van der Waals surface area (Å²) < 4.78 is 0.936. The highest BCUT2D eigenvalue weighted by Gasteiger charge is 2.24. The van der Waals surface area contributed by atoms with Crippen LogP contribution < -0.4 is 0 Å². The van der Waals surface area contributed by atoms with Crippen LogP contribution in [0.3, 0.4) is 0 Å². The fourth-order valence-electron chi connectivity index (χ4n) is 2.09. The average molecular weight is 335 g/mol. The molecule has 1 aromatic carbocycles. The maximum atomic E-state index is 11.6. The third-order valence-corrected chi connectivity index (χ3v) is 3.56. The molecular formula is C15H15BrN2O2. The molecule has 1 heterocycles. The quantitative estimate of drug-likeness (QED) is 0.931. The van der Waals surface area contributed by atoms with Gasteiger partial charge in [-0.15, -0.1) is 0 Å². The minimum absolute atomic E-state index is 0.397. The van der Waals surface area contributed by atoms with Crippen LogP contribution in [0.25, 0.3) is 0 Å². The second-order valence-electron chi connectivity index (χ2n) is 4.71. The Labute approximate surface area is 126 Å². The van der Waals surface area contributed by atoms with Gasteiger partial charge < -0.3 is 5.11 Å². The Morgan fingerprint density at radius 2 is 2.15 bits per heavy atom. The van der Waals surface area contributed by atoms with E-state index < -0.39 is 11.9 Å². The van der Waals surface area contributed by atoms with E-state index in [2.05, 4.69) is 25.9 Å². The van der Waals surface area contributed by atoms with Gasteiger partial charge in [0.15, 0.2) is 0 Å². The second kappa shape index (κ2) is 6.13. The Balaban J connectivity index is 2.37. The molecular weight excluding hydrogens is 320 g/mol. The van der Waals surface area contributed by atoms with Crippen molar-refractivity contribution in [1.82, 2.24) is 9.97 Å². The number of carboxylic acid groups (broad SMARTS) is 1. The van der Waals surface area contributed by atoms with Crippen molar-refractivity contribution in [2.24, 2.45) is 0 Å². The molecule has 1 N–H and O–H groups in total. The van der Waals surface area contributed by atoms with Gasteiger partial charge in [0, 0.05) is 10.7 Å². The zero-order valence-corrected chi connectivity index (χ0v) is 12.9. The number of carboxylic acids is 1. The lowest BCUT2D eigenvalue weighted by atomic mass is 9.95. The van der Waals surface area contributed by atoms with Gasteiger partial charge >= 0.3 is 5.97 Å². The van der Waals surface area contributed by atoms with Crippen LogP contribution in [0.4, 0.5) is 0 Å². The van der Waals surface area contributed by atoms with Crippen molar-refractivity contribution in [3.8, 4) is 0 Å². The molecule has 2 aromatic rings. The van der Waals surface area contributed by atoms with E-state index in [1.165, 1.54) is 0 Å². The normalized spacial score (nSPS) is 12.2. The van der Waals surface area contributed by atoms with Gasteiger partial charge in [-0.2, -0.15) is 0 Å². The summed E-state index contributed by atoms with van der Waals surface area (Å²) in [4.78, 5) is 20.1. The Bertz CT molecular complexity index is 644. The van der Waals surface area contributed by atoms with Gasteiger partial charge in [-0.1, -0.05) is 28.1 Å². The highest BCUT2D eigenvalue weighted by molar-refractivity contribution is 9.10. The van der Waals surface area contributed by atoms with Crippen molar-refractivity contribution in [1.29, 1.82) is 0 Å². The van der Waals surface area contributed by atoms with E-state index in [4.69, 9.17) is 0 Å². The van der Waals surface area contributed by atoms with E-state index in [0.717, 1.165) is 15.7 Å². The van der Waals surface area contributed by atoms with Gasteiger partial charge in [-0.3, -0.25) is 14.8 Å². The van der Waals surface area contributed by atoms with E-state index in [1.54, 1.807) is 13.1 Å². The Morgan fingerprint density at radius 3 is 2.80 bits per heavy atom. The van der Waals surface area contributed by atoms with Gasteiger partial charge in [0.05, 0.1) is 17.1 Å². The molecule has 0 saturated carbocycles. The molecule has 0 aliphatic rings. The first-order valence-corrected chi connectivity index (χ1v) is 7.04. The van der Waals surface area contributed by atoms with Crippen LogP contribution in [0.1, 0.15) is 28.6 Å². The van der Waals surface area contributed by atoms with Crippen LogP contribution in [-0.2, 0) is 11.2 Å². The summed E-state index contributed by atoms with van der Waals surface area (Å²) in [5.41, 5.74) is 2.89. The molecule has 0 radical (unpaired) electrons. The van der Waals surface area contributed by atoms with Crippen LogP contribution in [0, 0.1) is 13.8 Å². The molecule has 0 aliphatic heterocycles. The Morgan fingerprint density at radius 1 is 1.40 bits per heavy atom. The molecule has 0 spiro atoms. The van der Waals surface area contributed by atoms with Crippen molar-refractivity contribution < 1.29 is 9.90 Å². The number of rotatable bonds is 4. The molecule has 1 aromatic heterocycles.